The summed E-state index contributed by atoms with van der Waals surface area (Å²) in [5, 5.41) is 5.94. The highest BCUT2D eigenvalue weighted by molar-refractivity contribution is 14.1. The lowest BCUT2D eigenvalue weighted by molar-refractivity contribution is -0.125. The van der Waals surface area contributed by atoms with E-state index in [1.54, 1.807) is 12.4 Å². The van der Waals surface area contributed by atoms with Gasteiger partial charge in [-0.1, -0.05) is 0 Å². The summed E-state index contributed by atoms with van der Waals surface area (Å²) in [6.45, 7) is 0. The first kappa shape index (κ1) is 15.6. The minimum atomic E-state index is -0.805. The molecular weight excluding hydrogens is 421 g/mol. The van der Waals surface area contributed by atoms with E-state index in [-0.39, 0.29) is 17.5 Å². The molecule has 2 aromatic heterocycles. The lowest BCUT2D eigenvalue weighted by Gasteiger charge is -2.22. The Hall–Kier alpha value is -1.97. The fourth-order valence-corrected chi connectivity index (χ4v) is 3.07. The van der Waals surface area contributed by atoms with E-state index in [1.165, 1.54) is 17.1 Å². The second-order valence-corrected chi connectivity index (χ2v) is 7.63. The highest BCUT2D eigenvalue weighted by atomic mass is 127. The highest BCUT2D eigenvalue weighted by Gasteiger charge is 2.56. The van der Waals surface area contributed by atoms with Gasteiger partial charge in [0.15, 0.2) is 0 Å². The molecule has 0 radical (unpaired) electrons. The van der Waals surface area contributed by atoms with Crippen molar-refractivity contribution in [3.8, 4) is 0 Å². The molecule has 2 aliphatic carbocycles. The van der Waals surface area contributed by atoms with E-state index in [1.807, 2.05) is 12.1 Å². The zero-order valence-corrected chi connectivity index (χ0v) is 15.0. The molecular formula is C16H16IN5O2. The average molecular weight is 437 g/mol. The number of carbonyl (C=O) groups excluding carboxylic acids is 2. The van der Waals surface area contributed by atoms with E-state index >= 15 is 0 Å². The fraction of sp³-hybridized carbons (Fsp3) is 0.375. The van der Waals surface area contributed by atoms with Crippen LogP contribution in [0, 0.1) is 3.57 Å². The van der Waals surface area contributed by atoms with E-state index in [2.05, 4.69) is 43.2 Å². The van der Waals surface area contributed by atoms with Crippen molar-refractivity contribution in [2.45, 2.75) is 36.8 Å². The Balaban J connectivity index is 1.46. The zero-order chi connectivity index (χ0) is 16.8. The number of nitrogens with one attached hydrogen (secondary N) is 2. The second-order valence-electron chi connectivity index (χ2n) is 6.38. The SMILES string of the molecule is O=C(NC1(C(=O)NC2(c3ccc(I)cn3)CC2)CC1)n1ccnc1. The maximum atomic E-state index is 12.7. The molecule has 7 nitrogen and oxygen atoms in total. The van der Waals surface area contributed by atoms with Gasteiger partial charge in [-0.25, -0.2) is 9.78 Å². The predicted octanol–water partition coefficient (Wildman–Crippen LogP) is 1.78. The number of hydrogen-bond donors (Lipinski definition) is 2. The minimum Gasteiger partial charge on any atom is -0.343 e. The number of hydrogen-bond acceptors (Lipinski definition) is 4. The third-order valence-electron chi connectivity index (χ3n) is 4.59. The first-order valence-electron chi connectivity index (χ1n) is 7.78. The number of pyridine rings is 1. The Kier molecular flexibility index (Phi) is 3.59. The van der Waals surface area contributed by atoms with Crippen LogP contribution < -0.4 is 10.6 Å². The maximum absolute atomic E-state index is 12.7. The van der Waals surface area contributed by atoms with Crippen molar-refractivity contribution in [1.82, 2.24) is 25.2 Å². The first-order valence-corrected chi connectivity index (χ1v) is 8.86. The van der Waals surface area contributed by atoms with Gasteiger partial charge in [-0.15, -0.1) is 0 Å². The number of aromatic nitrogens is 3. The van der Waals surface area contributed by atoms with Crippen LogP contribution in [-0.4, -0.2) is 32.0 Å². The molecule has 0 aliphatic heterocycles. The van der Waals surface area contributed by atoms with Gasteiger partial charge in [0.05, 0.1) is 11.2 Å². The molecule has 0 bridgehead atoms. The third-order valence-corrected chi connectivity index (χ3v) is 5.23. The lowest BCUT2D eigenvalue weighted by Crippen LogP contribution is -2.52. The molecule has 8 heteroatoms. The zero-order valence-electron chi connectivity index (χ0n) is 12.8. The first-order chi connectivity index (χ1) is 11.5. The molecule has 4 rings (SSSR count). The number of carbonyl (C=O) groups is 2. The molecule has 2 aromatic rings. The molecule has 0 spiro atoms. The van der Waals surface area contributed by atoms with Crippen LogP contribution in [0.2, 0.25) is 0 Å². The van der Waals surface area contributed by atoms with Crippen LogP contribution in [0.5, 0.6) is 0 Å². The Bertz CT molecular complexity index is 779. The summed E-state index contributed by atoms with van der Waals surface area (Å²) in [5.41, 5.74) is -0.301. The van der Waals surface area contributed by atoms with E-state index in [4.69, 9.17) is 0 Å². The molecule has 2 aliphatic rings. The smallest absolute Gasteiger partial charge is 0.327 e. The second kappa shape index (κ2) is 5.54. The summed E-state index contributed by atoms with van der Waals surface area (Å²) in [5.74, 6) is -0.131. The van der Waals surface area contributed by atoms with Crippen LogP contribution in [0.25, 0.3) is 0 Å². The summed E-state index contributed by atoms with van der Waals surface area (Å²) in [6, 6.07) is 3.61. The van der Waals surface area contributed by atoms with Gasteiger partial charge in [0.1, 0.15) is 11.9 Å². The largest absolute Gasteiger partial charge is 0.343 e. The summed E-state index contributed by atoms with van der Waals surface area (Å²) in [4.78, 5) is 33.2. The average Bonchev–Trinajstić information content (AvgIpc) is 3.46. The molecule has 2 saturated carbocycles. The van der Waals surface area contributed by atoms with Crippen LogP contribution in [0.4, 0.5) is 4.79 Å². The minimum absolute atomic E-state index is 0.131. The molecule has 2 fully saturated rings. The monoisotopic (exact) mass is 437 g/mol. The molecule has 0 saturated heterocycles. The van der Waals surface area contributed by atoms with Gasteiger partial charge in [0.25, 0.3) is 0 Å². The standard InChI is InChI=1S/C16H16IN5O2/c17-11-1-2-12(19-9-11)15(3-4-15)20-13(23)16(5-6-16)21-14(24)22-8-7-18-10-22/h1-2,7-10H,3-6H2,(H,20,23)(H,21,24). The number of rotatable bonds is 4. The Labute approximate surface area is 152 Å². The number of imidazole rings is 1. The highest BCUT2D eigenvalue weighted by Crippen LogP contribution is 2.46. The summed E-state index contributed by atoms with van der Waals surface area (Å²) in [7, 11) is 0. The summed E-state index contributed by atoms with van der Waals surface area (Å²) in [6.07, 6.45) is 9.35. The summed E-state index contributed by atoms with van der Waals surface area (Å²) >= 11 is 2.21. The van der Waals surface area contributed by atoms with Crippen molar-refractivity contribution < 1.29 is 9.59 Å². The summed E-state index contributed by atoms with van der Waals surface area (Å²) < 4.78 is 2.39. The van der Waals surface area contributed by atoms with Gasteiger partial charge in [-0.05, 0) is 60.4 Å². The van der Waals surface area contributed by atoms with Crippen LogP contribution in [0.15, 0.2) is 37.1 Å². The quantitative estimate of drug-likeness (QED) is 0.714. The topological polar surface area (TPSA) is 88.9 Å². The normalized spacial score (nSPS) is 19.4. The van der Waals surface area contributed by atoms with Crippen LogP contribution in [-0.2, 0) is 10.3 Å². The molecule has 2 heterocycles. The van der Waals surface area contributed by atoms with E-state index in [0.29, 0.717) is 12.8 Å². The van der Waals surface area contributed by atoms with Gasteiger partial charge in [0, 0.05) is 22.2 Å². The van der Waals surface area contributed by atoms with Crippen LogP contribution in [0.3, 0.4) is 0 Å². The number of halogens is 1. The van der Waals surface area contributed by atoms with E-state index in [0.717, 1.165) is 22.1 Å². The van der Waals surface area contributed by atoms with Crippen molar-refractivity contribution >= 4 is 34.5 Å². The molecule has 0 aromatic carbocycles. The predicted molar refractivity (Wildman–Crippen MR) is 94.1 cm³/mol. The molecule has 0 atom stereocenters. The van der Waals surface area contributed by atoms with E-state index in [9.17, 15) is 9.59 Å². The van der Waals surface area contributed by atoms with Gasteiger partial charge in [-0.3, -0.25) is 14.3 Å². The number of amides is 2. The van der Waals surface area contributed by atoms with Crippen molar-refractivity contribution in [2.24, 2.45) is 0 Å². The van der Waals surface area contributed by atoms with Crippen molar-refractivity contribution in [1.29, 1.82) is 0 Å². The van der Waals surface area contributed by atoms with Crippen molar-refractivity contribution in [3.63, 3.8) is 0 Å². The lowest BCUT2D eigenvalue weighted by atomic mass is 10.1. The van der Waals surface area contributed by atoms with Crippen LogP contribution >= 0.6 is 22.6 Å². The fourth-order valence-electron chi connectivity index (χ4n) is 2.75. The Morgan fingerprint density at radius 3 is 2.50 bits per heavy atom. The Morgan fingerprint density at radius 1 is 1.17 bits per heavy atom. The van der Waals surface area contributed by atoms with Gasteiger partial charge < -0.3 is 10.6 Å². The molecule has 0 unspecified atom stereocenters. The van der Waals surface area contributed by atoms with Gasteiger partial charge >= 0.3 is 6.03 Å². The molecule has 2 amide bonds. The van der Waals surface area contributed by atoms with Crippen LogP contribution in [0.1, 0.15) is 31.4 Å². The van der Waals surface area contributed by atoms with Crippen molar-refractivity contribution in [2.75, 3.05) is 0 Å². The van der Waals surface area contributed by atoms with E-state index < -0.39 is 5.54 Å². The maximum Gasteiger partial charge on any atom is 0.327 e. The molecule has 24 heavy (non-hydrogen) atoms. The molecule has 2 N–H and O–H groups in total. The van der Waals surface area contributed by atoms with Gasteiger partial charge in [0.2, 0.25) is 5.91 Å². The number of nitrogens with zero attached hydrogens (tertiary/aromatic N) is 3. The molecule has 124 valence electrons. The third kappa shape index (κ3) is 2.79. The van der Waals surface area contributed by atoms with Gasteiger partial charge in [-0.2, -0.15) is 0 Å². The van der Waals surface area contributed by atoms with Crippen molar-refractivity contribution in [3.05, 3.63) is 46.3 Å². The Morgan fingerprint density at radius 2 is 1.96 bits per heavy atom.